The number of carboxylic acids is 1. The van der Waals surface area contributed by atoms with Gasteiger partial charge >= 0.3 is 5.97 Å². The molecule has 8 heteroatoms. The van der Waals surface area contributed by atoms with E-state index in [1.807, 2.05) is 6.92 Å². The Morgan fingerprint density at radius 1 is 1.50 bits per heavy atom. The SMILES string of the molecule is CCCn1nc(C(=O)N2CSCC2C(=O)O)ccc1=O. The van der Waals surface area contributed by atoms with Crippen LogP contribution in [0, 0.1) is 0 Å². The number of aliphatic carboxylic acids is 1. The second kappa shape index (κ2) is 6.08. The smallest absolute Gasteiger partial charge is 0.327 e. The van der Waals surface area contributed by atoms with Crippen molar-refractivity contribution in [1.29, 1.82) is 0 Å². The lowest BCUT2D eigenvalue weighted by Gasteiger charge is -2.20. The van der Waals surface area contributed by atoms with E-state index in [-0.39, 0.29) is 11.3 Å². The molecule has 7 nitrogen and oxygen atoms in total. The van der Waals surface area contributed by atoms with Crippen molar-refractivity contribution < 1.29 is 14.7 Å². The Morgan fingerprint density at radius 2 is 2.25 bits per heavy atom. The van der Waals surface area contributed by atoms with E-state index in [0.717, 1.165) is 6.42 Å². The Balaban J connectivity index is 2.27. The minimum absolute atomic E-state index is 0.104. The normalized spacial score (nSPS) is 18.2. The molecule has 108 valence electrons. The van der Waals surface area contributed by atoms with Gasteiger partial charge in [0.15, 0.2) is 0 Å². The van der Waals surface area contributed by atoms with Crippen LogP contribution in [0.15, 0.2) is 16.9 Å². The molecule has 1 unspecified atom stereocenters. The zero-order valence-electron chi connectivity index (χ0n) is 11.0. The highest BCUT2D eigenvalue weighted by molar-refractivity contribution is 7.99. The summed E-state index contributed by atoms with van der Waals surface area (Å²) in [5.74, 6) is -0.780. The lowest BCUT2D eigenvalue weighted by molar-refractivity contribution is -0.140. The van der Waals surface area contributed by atoms with Crippen LogP contribution >= 0.6 is 11.8 Å². The van der Waals surface area contributed by atoms with Gasteiger partial charge in [-0.2, -0.15) is 5.10 Å². The third-order valence-corrected chi connectivity index (χ3v) is 3.96. The predicted molar refractivity (Wildman–Crippen MR) is 73.7 cm³/mol. The number of thioether (sulfide) groups is 1. The molecule has 1 atom stereocenters. The Bertz CT molecular complexity index is 586. The summed E-state index contributed by atoms with van der Waals surface area (Å²) >= 11 is 1.39. The number of nitrogens with zero attached hydrogens (tertiary/aromatic N) is 3. The quantitative estimate of drug-likeness (QED) is 0.856. The second-order valence-corrected chi connectivity index (χ2v) is 5.41. The van der Waals surface area contributed by atoms with Crippen LogP contribution < -0.4 is 5.56 Å². The van der Waals surface area contributed by atoms with E-state index < -0.39 is 17.9 Å². The highest BCUT2D eigenvalue weighted by Crippen LogP contribution is 2.22. The van der Waals surface area contributed by atoms with Crippen LogP contribution in [0.2, 0.25) is 0 Å². The molecule has 0 aliphatic carbocycles. The van der Waals surface area contributed by atoms with Gasteiger partial charge in [0.2, 0.25) is 0 Å². The second-order valence-electron chi connectivity index (χ2n) is 4.41. The van der Waals surface area contributed by atoms with Crippen molar-refractivity contribution in [3.8, 4) is 0 Å². The fourth-order valence-electron chi connectivity index (χ4n) is 1.93. The lowest BCUT2D eigenvalue weighted by atomic mass is 10.2. The summed E-state index contributed by atoms with van der Waals surface area (Å²) in [6.07, 6.45) is 0.724. The fraction of sp³-hybridized carbons (Fsp3) is 0.500. The van der Waals surface area contributed by atoms with Crippen LogP contribution in [0.5, 0.6) is 0 Å². The van der Waals surface area contributed by atoms with Gasteiger partial charge in [-0.15, -0.1) is 11.8 Å². The first-order valence-corrected chi connectivity index (χ1v) is 7.39. The van der Waals surface area contributed by atoms with Crippen LogP contribution in [0.25, 0.3) is 0 Å². The Morgan fingerprint density at radius 3 is 2.90 bits per heavy atom. The number of aromatic nitrogens is 2. The monoisotopic (exact) mass is 297 g/mol. The Labute approximate surface area is 119 Å². The van der Waals surface area contributed by atoms with Crippen molar-refractivity contribution in [2.45, 2.75) is 25.9 Å². The molecule has 1 aromatic heterocycles. The first-order valence-electron chi connectivity index (χ1n) is 6.24. The molecule has 1 saturated heterocycles. The van der Waals surface area contributed by atoms with Crippen LogP contribution in [0.1, 0.15) is 23.8 Å². The fourth-order valence-corrected chi connectivity index (χ4v) is 3.07. The number of carboxylic acid groups (broad SMARTS) is 1. The van der Waals surface area contributed by atoms with E-state index in [1.54, 1.807) is 0 Å². The number of aryl methyl sites for hydroxylation is 1. The molecule has 0 radical (unpaired) electrons. The Kier molecular flexibility index (Phi) is 4.43. The molecule has 1 fully saturated rings. The van der Waals surface area contributed by atoms with E-state index in [9.17, 15) is 14.4 Å². The summed E-state index contributed by atoms with van der Waals surface area (Å²) in [4.78, 5) is 36.2. The molecule has 0 aromatic carbocycles. The summed E-state index contributed by atoms with van der Waals surface area (Å²) < 4.78 is 1.23. The summed E-state index contributed by atoms with van der Waals surface area (Å²) in [6.45, 7) is 2.33. The van der Waals surface area contributed by atoms with E-state index in [0.29, 0.717) is 18.2 Å². The molecule has 0 bridgehead atoms. The summed E-state index contributed by atoms with van der Waals surface area (Å²) in [6, 6.07) is 1.80. The maximum absolute atomic E-state index is 12.3. The molecule has 0 spiro atoms. The Hall–Kier alpha value is -1.83. The van der Waals surface area contributed by atoms with E-state index >= 15 is 0 Å². The van der Waals surface area contributed by atoms with Gasteiger partial charge in [0.25, 0.3) is 11.5 Å². The first-order chi connectivity index (χ1) is 9.54. The minimum Gasteiger partial charge on any atom is -0.480 e. The molecule has 1 aliphatic rings. The van der Waals surface area contributed by atoms with Crippen LogP contribution in [-0.4, -0.2) is 49.3 Å². The summed E-state index contributed by atoms with van der Waals surface area (Å²) in [5.41, 5.74) is -0.166. The van der Waals surface area contributed by atoms with Gasteiger partial charge in [-0.05, 0) is 12.5 Å². The average Bonchev–Trinajstić information content (AvgIpc) is 2.90. The molecular formula is C12H15N3O4S. The number of carbonyl (C=O) groups is 2. The highest BCUT2D eigenvalue weighted by Gasteiger charge is 2.35. The third-order valence-electron chi connectivity index (χ3n) is 2.95. The standard InChI is InChI=1S/C12H15N3O4S/c1-2-5-15-10(16)4-3-8(13-15)11(17)14-7-20-6-9(14)12(18)19/h3-4,9H,2,5-7H2,1H3,(H,18,19). The maximum Gasteiger partial charge on any atom is 0.327 e. The van der Waals surface area contributed by atoms with Crippen molar-refractivity contribution in [2.24, 2.45) is 0 Å². The van der Waals surface area contributed by atoms with Gasteiger partial charge in [-0.1, -0.05) is 6.92 Å². The summed E-state index contributed by atoms with van der Waals surface area (Å²) in [7, 11) is 0. The molecule has 0 saturated carbocycles. The molecule has 2 rings (SSSR count). The molecule has 1 N–H and O–H groups in total. The van der Waals surface area contributed by atoms with Gasteiger partial charge < -0.3 is 10.0 Å². The van der Waals surface area contributed by atoms with E-state index in [2.05, 4.69) is 5.10 Å². The van der Waals surface area contributed by atoms with Crippen LogP contribution in [0.3, 0.4) is 0 Å². The molecule has 1 aliphatic heterocycles. The number of carbonyl (C=O) groups excluding carboxylic acids is 1. The molecular weight excluding hydrogens is 282 g/mol. The highest BCUT2D eigenvalue weighted by atomic mass is 32.2. The largest absolute Gasteiger partial charge is 0.480 e. The number of hydrogen-bond donors (Lipinski definition) is 1. The number of hydrogen-bond acceptors (Lipinski definition) is 5. The molecule has 20 heavy (non-hydrogen) atoms. The van der Waals surface area contributed by atoms with Crippen molar-refractivity contribution in [3.05, 3.63) is 28.2 Å². The average molecular weight is 297 g/mol. The van der Waals surface area contributed by atoms with Crippen LogP contribution in [0.4, 0.5) is 0 Å². The molecule has 1 amide bonds. The predicted octanol–water partition coefficient (Wildman–Crippen LogP) is 0.253. The summed E-state index contributed by atoms with van der Waals surface area (Å²) in [5, 5.41) is 13.1. The topological polar surface area (TPSA) is 92.5 Å². The first kappa shape index (κ1) is 14.6. The van der Waals surface area contributed by atoms with E-state index in [4.69, 9.17) is 5.11 Å². The zero-order valence-corrected chi connectivity index (χ0v) is 11.8. The number of amides is 1. The van der Waals surface area contributed by atoms with Gasteiger partial charge in [0.1, 0.15) is 11.7 Å². The molecule has 1 aromatic rings. The zero-order chi connectivity index (χ0) is 14.7. The van der Waals surface area contributed by atoms with Crippen molar-refractivity contribution in [1.82, 2.24) is 14.7 Å². The van der Waals surface area contributed by atoms with E-state index in [1.165, 1.54) is 33.5 Å². The van der Waals surface area contributed by atoms with Crippen molar-refractivity contribution in [3.63, 3.8) is 0 Å². The van der Waals surface area contributed by atoms with Gasteiger partial charge in [-0.3, -0.25) is 9.59 Å². The third kappa shape index (κ3) is 2.84. The van der Waals surface area contributed by atoms with Crippen molar-refractivity contribution in [2.75, 3.05) is 11.6 Å². The maximum atomic E-state index is 12.3. The minimum atomic E-state index is -1.02. The van der Waals surface area contributed by atoms with Gasteiger partial charge in [0.05, 0.1) is 5.88 Å². The lowest BCUT2D eigenvalue weighted by Crippen LogP contribution is -2.42. The molecule has 2 heterocycles. The number of rotatable bonds is 4. The van der Waals surface area contributed by atoms with Gasteiger partial charge in [0, 0.05) is 18.4 Å². The van der Waals surface area contributed by atoms with Crippen LogP contribution in [-0.2, 0) is 11.3 Å². The van der Waals surface area contributed by atoms with Crippen molar-refractivity contribution >= 4 is 23.6 Å². The van der Waals surface area contributed by atoms with Gasteiger partial charge in [-0.25, -0.2) is 9.48 Å².